The highest BCUT2D eigenvalue weighted by Crippen LogP contribution is 2.38. The average molecular weight is 635 g/mol. The molecule has 3 heterocycles. The number of rotatable bonds is 11. The number of unbranched alkanes of at least 4 members (excludes halogenated alkanes) is 2. The summed E-state index contributed by atoms with van der Waals surface area (Å²) in [7, 11) is 1.69. The summed E-state index contributed by atoms with van der Waals surface area (Å²) in [6.07, 6.45) is 6.75. The number of pyridine rings is 1. The third-order valence-corrected chi connectivity index (χ3v) is 9.40. The van der Waals surface area contributed by atoms with Crippen molar-refractivity contribution < 1.29 is 9.47 Å². The minimum atomic E-state index is 0.496. The molecule has 48 heavy (non-hydrogen) atoms. The van der Waals surface area contributed by atoms with Crippen molar-refractivity contribution in [2.75, 3.05) is 7.11 Å². The fourth-order valence-electron chi connectivity index (χ4n) is 6.88. The van der Waals surface area contributed by atoms with Crippen LogP contribution in [-0.4, -0.2) is 26.4 Å². The zero-order chi connectivity index (χ0) is 33.2. The van der Waals surface area contributed by atoms with Crippen LogP contribution in [-0.2, 0) is 0 Å². The molecule has 0 aliphatic carbocycles. The van der Waals surface area contributed by atoms with Gasteiger partial charge in [-0.2, -0.15) is 5.10 Å². The lowest BCUT2D eigenvalue weighted by Crippen LogP contribution is -2.00. The molecule has 7 rings (SSSR count). The van der Waals surface area contributed by atoms with E-state index in [1.165, 1.54) is 42.2 Å². The monoisotopic (exact) mass is 634 g/mol. The Balaban J connectivity index is 1.28. The molecule has 0 aliphatic rings. The number of aromatic nitrogens is 4. The average Bonchev–Trinajstić information content (AvgIpc) is 3.60. The van der Waals surface area contributed by atoms with Gasteiger partial charge in [0.05, 0.1) is 29.5 Å². The van der Waals surface area contributed by atoms with Gasteiger partial charge in [-0.05, 0) is 79.8 Å². The van der Waals surface area contributed by atoms with Crippen LogP contribution >= 0.6 is 0 Å². The molecule has 242 valence electrons. The minimum Gasteiger partial charge on any atom is -0.497 e. The number of aryl methyl sites for hydroxylation is 1. The lowest BCUT2D eigenvalue weighted by molar-refractivity contribution is 0.414. The maximum atomic E-state index is 6.56. The molecule has 0 saturated carbocycles. The van der Waals surface area contributed by atoms with E-state index < -0.39 is 0 Å². The van der Waals surface area contributed by atoms with Gasteiger partial charge in [0.25, 0.3) is 0 Å². The lowest BCUT2D eigenvalue weighted by atomic mass is 9.94. The Morgan fingerprint density at radius 1 is 0.750 bits per heavy atom. The van der Waals surface area contributed by atoms with E-state index in [-0.39, 0.29) is 0 Å². The highest BCUT2D eigenvalue weighted by molar-refractivity contribution is 6.09. The molecule has 4 aromatic carbocycles. The second kappa shape index (κ2) is 13.4. The molecule has 6 heteroatoms. The Bertz CT molecular complexity index is 2210. The maximum Gasteiger partial charge on any atom is 0.141 e. The summed E-state index contributed by atoms with van der Waals surface area (Å²) in [5.41, 5.74) is 8.86. The predicted octanol–water partition coefficient (Wildman–Crippen LogP) is 11.1. The van der Waals surface area contributed by atoms with Crippen LogP contribution in [0, 0.1) is 13.8 Å². The molecular weight excluding hydrogens is 592 g/mol. The van der Waals surface area contributed by atoms with Crippen LogP contribution in [0.25, 0.3) is 44.4 Å². The molecule has 0 spiro atoms. The van der Waals surface area contributed by atoms with Crippen LogP contribution in [0.2, 0.25) is 0 Å². The van der Waals surface area contributed by atoms with Crippen molar-refractivity contribution >= 4 is 21.8 Å². The SMILES string of the molecule is CCCCCC(C)c1ccc2c(c1)c1ccc(Oc3cccc(-n4nc(C)c(-c5ccccc5)c4C)c3)cc1n2-c1cc(OC)ccn1. The predicted molar refractivity (Wildman–Crippen MR) is 196 cm³/mol. The van der Waals surface area contributed by atoms with Crippen molar-refractivity contribution in [1.82, 2.24) is 19.3 Å². The fourth-order valence-corrected chi connectivity index (χ4v) is 6.88. The summed E-state index contributed by atoms with van der Waals surface area (Å²) >= 11 is 0. The molecular formula is C42H42N4O2. The molecule has 0 bridgehead atoms. The van der Waals surface area contributed by atoms with Gasteiger partial charge in [-0.1, -0.05) is 75.6 Å². The molecule has 0 amide bonds. The lowest BCUT2D eigenvalue weighted by Gasteiger charge is -2.13. The van der Waals surface area contributed by atoms with Gasteiger partial charge in [0.15, 0.2) is 0 Å². The first-order valence-corrected chi connectivity index (χ1v) is 16.9. The number of ether oxygens (including phenoxy) is 2. The Morgan fingerprint density at radius 3 is 2.40 bits per heavy atom. The summed E-state index contributed by atoms with van der Waals surface area (Å²) in [6, 6.07) is 35.6. The van der Waals surface area contributed by atoms with Crippen molar-refractivity contribution in [1.29, 1.82) is 0 Å². The van der Waals surface area contributed by atoms with Gasteiger partial charge >= 0.3 is 0 Å². The van der Waals surface area contributed by atoms with E-state index in [0.29, 0.717) is 5.92 Å². The van der Waals surface area contributed by atoms with Crippen LogP contribution in [0.4, 0.5) is 0 Å². The number of fused-ring (bicyclic) bond motifs is 3. The summed E-state index contributed by atoms with van der Waals surface area (Å²) < 4.78 is 16.4. The number of methoxy groups -OCH3 is 1. The number of hydrogen-bond donors (Lipinski definition) is 0. The highest BCUT2D eigenvalue weighted by atomic mass is 16.5. The summed E-state index contributed by atoms with van der Waals surface area (Å²) in [5, 5.41) is 7.28. The first kappa shape index (κ1) is 31.3. The summed E-state index contributed by atoms with van der Waals surface area (Å²) in [6.45, 7) is 8.78. The highest BCUT2D eigenvalue weighted by Gasteiger charge is 2.18. The summed E-state index contributed by atoms with van der Waals surface area (Å²) in [4.78, 5) is 4.77. The van der Waals surface area contributed by atoms with Gasteiger partial charge in [0.2, 0.25) is 0 Å². The van der Waals surface area contributed by atoms with Gasteiger partial charge in [-0.3, -0.25) is 4.57 Å². The zero-order valence-electron chi connectivity index (χ0n) is 28.4. The molecule has 3 aromatic heterocycles. The van der Waals surface area contributed by atoms with Gasteiger partial charge in [0.1, 0.15) is 23.1 Å². The van der Waals surface area contributed by atoms with Crippen molar-refractivity contribution in [3.8, 4) is 39.9 Å². The van der Waals surface area contributed by atoms with Crippen molar-refractivity contribution in [3.63, 3.8) is 0 Å². The van der Waals surface area contributed by atoms with E-state index in [1.807, 2.05) is 41.1 Å². The van der Waals surface area contributed by atoms with Gasteiger partial charge < -0.3 is 9.47 Å². The molecule has 0 N–H and O–H groups in total. The fraction of sp³-hybridized carbons (Fsp3) is 0.238. The standard InChI is InChI=1S/C42H42N4O2/c1-6-7-9-13-28(2)32-18-21-39-38(24-32)37-20-19-36(26-40(37)45(39)41-27-34(47-5)22-23-43-41)48-35-17-12-16-33(25-35)46-30(4)42(29(3)44-46)31-14-10-8-11-15-31/h8,10-12,14-28H,6-7,9,13H2,1-5H3. The number of hydrogen-bond acceptors (Lipinski definition) is 4. The first-order valence-electron chi connectivity index (χ1n) is 16.9. The molecule has 0 aliphatic heterocycles. The third-order valence-electron chi connectivity index (χ3n) is 9.40. The second-order valence-electron chi connectivity index (χ2n) is 12.7. The van der Waals surface area contributed by atoms with E-state index in [9.17, 15) is 0 Å². The topological polar surface area (TPSA) is 54.1 Å². The van der Waals surface area contributed by atoms with E-state index in [2.05, 4.69) is 99.0 Å². The number of benzene rings is 4. The van der Waals surface area contributed by atoms with E-state index in [0.717, 1.165) is 62.1 Å². The molecule has 0 saturated heterocycles. The van der Waals surface area contributed by atoms with Gasteiger partial charge in [0, 0.05) is 46.4 Å². The molecule has 7 aromatic rings. The van der Waals surface area contributed by atoms with E-state index >= 15 is 0 Å². The Labute approximate surface area is 282 Å². The van der Waals surface area contributed by atoms with Crippen LogP contribution in [0.3, 0.4) is 0 Å². The van der Waals surface area contributed by atoms with Crippen LogP contribution in [0.15, 0.2) is 109 Å². The van der Waals surface area contributed by atoms with Crippen molar-refractivity contribution in [3.05, 3.63) is 126 Å². The van der Waals surface area contributed by atoms with Gasteiger partial charge in [-0.25, -0.2) is 9.67 Å². The maximum absolute atomic E-state index is 6.56. The van der Waals surface area contributed by atoms with Crippen molar-refractivity contribution in [2.45, 2.75) is 59.3 Å². The number of nitrogens with zero attached hydrogens (tertiary/aromatic N) is 4. The quantitative estimate of drug-likeness (QED) is 0.133. The molecule has 1 atom stereocenters. The van der Waals surface area contributed by atoms with E-state index in [4.69, 9.17) is 19.6 Å². The Hall–Kier alpha value is -5.36. The largest absolute Gasteiger partial charge is 0.497 e. The van der Waals surface area contributed by atoms with Crippen LogP contribution in [0.1, 0.15) is 62.4 Å². The van der Waals surface area contributed by atoms with Crippen LogP contribution < -0.4 is 9.47 Å². The zero-order valence-corrected chi connectivity index (χ0v) is 28.4. The molecule has 0 radical (unpaired) electrons. The Kier molecular flexibility index (Phi) is 8.72. The smallest absolute Gasteiger partial charge is 0.141 e. The second-order valence-corrected chi connectivity index (χ2v) is 12.7. The normalized spacial score (nSPS) is 12.1. The minimum absolute atomic E-state index is 0.496. The van der Waals surface area contributed by atoms with Gasteiger partial charge in [-0.15, -0.1) is 0 Å². The third kappa shape index (κ3) is 5.95. The molecule has 1 unspecified atom stereocenters. The van der Waals surface area contributed by atoms with Crippen molar-refractivity contribution in [2.24, 2.45) is 0 Å². The Morgan fingerprint density at radius 2 is 1.58 bits per heavy atom. The summed E-state index contributed by atoms with van der Waals surface area (Å²) in [5.74, 6) is 3.55. The molecule has 6 nitrogen and oxygen atoms in total. The molecule has 0 fully saturated rings. The van der Waals surface area contributed by atoms with Crippen LogP contribution in [0.5, 0.6) is 17.2 Å². The van der Waals surface area contributed by atoms with E-state index in [1.54, 1.807) is 13.3 Å². The first-order chi connectivity index (χ1) is 23.4.